The van der Waals surface area contributed by atoms with Crippen LogP contribution in [0.4, 0.5) is 18.9 Å². The Kier molecular flexibility index (Phi) is 11.1. The third-order valence-corrected chi connectivity index (χ3v) is 9.07. The first-order chi connectivity index (χ1) is 20.0. The zero-order valence-corrected chi connectivity index (χ0v) is 26.3. The van der Waals surface area contributed by atoms with Crippen molar-refractivity contribution in [1.82, 2.24) is 10.2 Å². The smallest absolute Gasteiger partial charge is 0.354 e. The van der Waals surface area contributed by atoms with E-state index in [4.69, 9.17) is 23.2 Å². The molecule has 0 aliphatic carbocycles. The molecule has 7 nitrogen and oxygen atoms in total. The minimum Gasteiger partial charge on any atom is -0.354 e. The maximum Gasteiger partial charge on any atom is 0.417 e. The van der Waals surface area contributed by atoms with Gasteiger partial charge in [0.25, 0.3) is 10.0 Å². The number of carbonyl (C=O) groups excluding carboxylic acids is 2. The topological polar surface area (TPSA) is 86.8 Å². The van der Waals surface area contributed by atoms with E-state index < -0.39 is 56.9 Å². The van der Waals surface area contributed by atoms with Gasteiger partial charge in [-0.25, -0.2) is 8.42 Å². The largest absolute Gasteiger partial charge is 0.417 e. The minimum atomic E-state index is -4.89. The SMILES string of the molecule is Cc1ccc(S(=O)(=O)N(CC(=O)N(Cc2ccccc2Cl)C(C)C(=O)NCC(C)C)c2ccc(Cl)c(C(F)(F)F)c2)cc1. The van der Waals surface area contributed by atoms with Gasteiger partial charge in [0.2, 0.25) is 11.8 Å². The summed E-state index contributed by atoms with van der Waals surface area (Å²) in [6.07, 6.45) is -4.89. The molecule has 3 aromatic rings. The first-order valence-corrected chi connectivity index (χ1v) is 15.5. The van der Waals surface area contributed by atoms with E-state index in [9.17, 15) is 31.2 Å². The first-order valence-electron chi connectivity index (χ1n) is 13.3. The lowest BCUT2D eigenvalue weighted by Gasteiger charge is -2.32. The van der Waals surface area contributed by atoms with Crippen molar-refractivity contribution in [3.05, 3.63) is 93.5 Å². The molecule has 0 aromatic heterocycles. The van der Waals surface area contributed by atoms with Crippen LogP contribution in [-0.4, -0.2) is 44.3 Å². The molecule has 1 N–H and O–H groups in total. The van der Waals surface area contributed by atoms with Gasteiger partial charge in [-0.05, 0) is 61.7 Å². The monoisotopic (exact) mass is 657 g/mol. The number of rotatable bonds is 11. The van der Waals surface area contributed by atoms with Gasteiger partial charge in [0.1, 0.15) is 12.6 Å². The summed E-state index contributed by atoms with van der Waals surface area (Å²) >= 11 is 12.1. The molecule has 1 atom stereocenters. The predicted molar refractivity (Wildman–Crippen MR) is 161 cm³/mol. The number of halogens is 5. The average molecular weight is 659 g/mol. The van der Waals surface area contributed by atoms with Crippen LogP contribution in [0, 0.1) is 12.8 Å². The molecular formula is C30H32Cl2F3N3O4S. The normalized spacial score (nSPS) is 12.6. The second-order valence-corrected chi connectivity index (χ2v) is 13.1. The van der Waals surface area contributed by atoms with Crippen LogP contribution in [0.25, 0.3) is 0 Å². The number of aryl methyl sites for hydroxylation is 1. The zero-order valence-electron chi connectivity index (χ0n) is 24.0. The van der Waals surface area contributed by atoms with Crippen molar-refractivity contribution in [1.29, 1.82) is 0 Å². The summed E-state index contributed by atoms with van der Waals surface area (Å²) in [6.45, 7) is 6.26. The third kappa shape index (κ3) is 8.64. The van der Waals surface area contributed by atoms with Crippen molar-refractivity contribution in [2.75, 3.05) is 17.4 Å². The molecular weight excluding hydrogens is 626 g/mol. The van der Waals surface area contributed by atoms with Gasteiger partial charge in [-0.2, -0.15) is 13.2 Å². The molecule has 13 heteroatoms. The number of carbonyl (C=O) groups is 2. The lowest BCUT2D eigenvalue weighted by Crippen LogP contribution is -2.51. The Labute approximate surface area is 259 Å². The van der Waals surface area contributed by atoms with Crippen molar-refractivity contribution in [2.45, 2.75) is 51.4 Å². The summed E-state index contributed by atoms with van der Waals surface area (Å²) in [5, 5.41) is 2.44. The fraction of sp³-hybridized carbons (Fsp3) is 0.333. The van der Waals surface area contributed by atoms with E-state index in [2.05, 4.69) is 5.32 Å². The number of nitrogens with zero attached hydrogens (tertiary/aromatic N) is 2. The first kappa shape index (κ1) is 34.2. The Morgan fingerprint density at radius 3 is 2.14 bits per heavy atom. The molecule has 0 heterocycles. The lowest BCUT2D eigenvalue weighted by atomic mass is 10.1. The highest BCUT2D eigenvalue weighted by atomic mass is 35.5. The van der Waals surface area contributed by atoms with Crippen LogP contribution in [0.2, 0.25) is 10.0 Å². The van der Waals surface area contributed by atoms with E-state index in [1.54, 1.807) is 31.2 Å². The fourth-order valence-electron chi connectivity index (χ4n) is 4.10. The maximum atomic E-state index is 14.0. The van der Waals surface area contributed by atoms with Gasteiger partial charge in [-0.3, -0.25) is 13.9 Å². The quantitative estimate of drug-likeness (QED) is 0.248. The molecule has 0 aliphatic heterocycles. The van der Waals surface area contributed by atoms with Gasteiger partial charge in [0, 0.05) is 18.1 Å². The highest BCUT2D eigenvalue weighted by Crippen LogP contribution is 2.38. The molecule has 2 amide bonds. The van der Waals surface area contributed by atoms with E-state index in [0.717, 1.165) is 22.6 Å². The molecule has 0 radical (unpaired) electrons. The van der Waals surface area contributed by atoms with E-state index >= 15 is 0 Å². The molecule has 0 saturated heterocycles. The van der Waals surface area contributed by atoms with Gasteiger partial charge >= 0.3 is 6.18 Å². The number of sulfonamides is 1. The third-order valence-electron chi connectivity index (χ3n) is 6.58. The van der Waals surface area contributed by atoms with Crippen LogP contribution in [-0.2, 0) is 32.3 Å². The van der Waals surface area contributed by atoms with Gasteiger partial charge in [-0.1, -0.05) is 72.9 Å². The fourth-order valence-corrected chi connectivity index (χ4v) is 5.92. The summed E-state index contributed by atoms with van der Waals surface area (Å²) in [5.74, 6) is -1.22. The minimum absolute atomic E-state index is 0.117. The highest BCUT2D eigenvalue weighted by molar-refractivity contribution is 7.92. The summed E-state index contributed by atoms with van der Waals surface area (Å²) in [7, 11) is -4.57. The Bertz CT molecular complexity index is 1570. The molecule has 1 unspecified atom stereocenters. The van der Waals surface area contributed by atoms with Crippen molar-refractivity contribution >= 4 is 50.7 Å². The summed E-state index contributed by atoms with van der Waals surface area (Å²) in [5.41, 5.74) is -0.461. The summed E-state index contributed by atoms with van der Waals surface area (Å²) < 4.78 is 69.7. The number of benzene rings is 3. The molecule has 43 heavy (non-hydrogen) atoms. The number of hydrogen-bond acceptors (Lipinski definition) is 4. The lowest BCUT2D eigenvalue weighted by molar-refractivity contribution is -0.139. The summed E-state index contributed by atoms with van der Waals surface area (Å²) in [6, 6.07) is 13.8. The molecule has 0 bridgehead atoms. The van der Waals surface area contributed by atoms with Crippen molar-refractivity contribution in [3.8, 4) is 0 Å². The van der Waals surface area contributed by atoms with Crippen LogP contribution >= 0.6 is 23.2 Å². The highest BCUT2D eigenvalue weighted by Gasteiger charge is 2.37. The Hall–Kier alpha value is -3.28. The van der Waals surface area contributed by atoms with Crippen molar-refractivity contribution in [3.63, 3.8) is 0 Å². The number of amides is 2. The molecule has 0 fully saturated rings. The Morgan fingerprint density at radius 2 is 1.56 bits per heavy atom. The second-order valence-electron chi connectivity index (χ2n) is 10.4. The standard InChI is InChI=1S/C30H32Cl2F3N3O4S/c1-19(2)16-36-29(40)21(4)37(17-22-7-5-6-8-26(22)31)28(39)18-38(43(41,42)24-12-9-20(3)10-13-24)23-11-14-27(32)25(15-23)30(33,34)35/h5-15,19,21H,16-18H2,1-4H3,(H,36,40). The molecule has 0 saturated carbocycles. The second kappa shape index (κ2) is 14.0. The van der Waals surface area contributed by atoms with E-state index in [1.165, 1.54) is 31.2 Å². The Balaban J connectivity index is 2.12. The molecule has 3 rings (SSSR count). The average Bonchev–Trinajstić information content (AvgIpc) is 2.93. The van der Waals surface area contributed by atoms with E-state index in [1.807, 2.05) is 13.8 Å². The van der Waals surface area contributed by atoms with Crippen LogP contribution in [0.3, 0.4) is 0 Å². The van der Waals surface area contributed by atoms with Crippen LogP contribution in [0.15, 0.2) is 71.6 Å². The number of anilines is 1. The molecule has 3 aromatic carbocycles. The number of nitrogens with one attached hydrogen (secondary N) is 1. The Morgan fingerprint density at radius 1 is 0.930 bits per heavy atom. The molecule has 232 valence electrons. The summed E-state index contributed by atoms with van der Waals surface area (Å²) in [4.78, 5) is 27.9. The van der Waals surface area contributed by atoms with Crippen LogP contribution < -0.4 is 9.62 Å². The van der Waals surface area contributed by atoms with Gasteiger partial charge in [0.05, 0.1) is 21.2 Å². The van der Waals surface area contributed by atoms with E-state index in [0.29, 0.717) is 27.5 Å². The number of hydrogen-bond donors (Lipinski definition) is 1. The number of alkyl halides is 3. The van der Waals surface area contributed by atoms with E-state index in [-0.39, 0.29) is 17.4 Å². The zero-order chi connectivity index (χ0) is 32.1. The predicted octanol–water partition coefficient (Wildman–Crippen LogP) is 6.71. The maximum absolute atomic E-state index is 14.0. The van der Waals surface area contributed by atoms with Gasteiger partial charge < -0.3 is 10.2 Å². The molecule has 0 aliphatic rings. The van der Waals surface area contributed by atoms with Crippen LogP contribution in [0.5, 0.6) is 0 Å². The van der Waals surface area contributed by atoms with Gasteiger partial charge in [0.15, 0.2) is 0 Å². The van der Waals surface area contributed by atoms with Crippen molar-refractivity contribution in [2.24, 2.45) is 5.92 Å². The molecule has 0 spiro atoms. The van der Waals surface area contributed by atoms with Crippen molar-refractivity contribution < 1.29 is 31.2 Å². The van der Waals surface area contributed by atoms with Crippen LogP contribution in [0.1, 0.15) is 37.5 Å². The van der Waals surface area contributed by atoms with Gasteiger partial charge in [-0.15, -0.1) is 0 Å².